The molecule has 21 heavy (non-hydrogen) atoms. The zero-order valence-electron chi connectivity index (χ0n) is 11.8. The van der Waals surface area contributed by atoms with Gasteiger partial charge in [0.25, 0.3) is 5.91 Å². The maximum Gasteiger partial charge on any atom is 0.311 e. The molecule has 1 saturated carbocycles. The highest BCUT2D eigenvalue weighted by Crippen LogP contribution is 2.40. The molecule has 0 aromatic heterocycles. The minimum atomic E-state index is -0.860. The van der Waals surface area contributed by atoms with E-state index in [0.29, 0.717) is 24.1 Å². The Labute approximate surface area is 122 Å². The van der Waals surface area contributed by atoms with Gasteiger partial charge in [0, 0.05) is 24.7 Å². The van der Waals surface area contributed by atoms with Gasteiger partial charge in [0.15, 0.2) is 0 Å². The Morgan fingerprint density at radius 3 is 2.52 bits per heavy atom. The number of carboxylic acid groups (broad SMARTS) is 1. The van der Waals surface area contributed by atoms with Crippen LogP contribution in [-0.4, -0.2) is 29.4 Å². The molecule has 0 heterocycles. The number of carboxylic acids is 1. The third-order valence-electron chi connectivity index (χ3n) is 3.80. The van der Waals surface area contributed by atoms with E-state index in [-0.39, 0.29) is 18.4 Å². The van der Waals surface area contributed by atoms with Crippen LogP contribution in [-0.2, 0) is 9.59 Å². The van der Waals surface area contributed by atoms with Crippen molar-refractivity contribution >= 4 is 23.5 Å². The lowest BCUT2D eigenvalue weighted by Gasteiger charge is -2.37. The highest BCUT2D eigenvalue weighted by atomic mass is 16.4. The molecule has 6 nitrogen and oxygen atoms in total. The summed E-state index contributed by atoms with van der Waals surface area (Å²) in [6.45, 7) is 1.52. The van der Waals surface area contributed by atoms with Gasteiger partial charge in [-0.3, -0.25) is 14.4 Å². The molecule has 0 atom stereocenters. The summed E-state index contributed by atoms with van der Waals surface area (Å²) in [6.07, 6.45) is 2.06. The van der Waals surface area contributed by atoms with Crippen LogP contribution in [0.2, 0.25) is 0 Å². The summed E-state index contributed by atoms with van der Waals surface area (Å²) in [5.74, 6) is -1.41. The Balaban J connectivity index is 2.00. The Morgan fingerprint density at radius 2 is 2.00 bits per heavy atom. The van der Waals surface area contributed by atoms with Crippen molar-refractivity contribution in [2.24, 2.45) is 5.41 Å². The van der Waals surface area contributed by atoms with Crippen LogP contribution < -0.4 is 10.6 Å². The molecule has 112 valence electrons. The van der Waals surface area contributed by atoms with Crippen LogP contribution in [0.4, 0.5) is 5.69 Å². The van der Waals surface area contributed by atoms with E-state index in [2.05, 4.69) is 10.6 Å². The van der Waals surface area contributed by atoms with Gasteiger partial charge in [0.05, 0.1) is 5.41 Å². The van der Waals surface area contributed by atoms with Crippen LogP contribution >= 0.6 is 0 Å². The van der Waals surface area contributed by atoms with Gasteiger partial charge in [-0.05, 0) is 31.0 Å². The van der Waals surface area contributed by atoms with E-state index < -0.39 is 11.4 Å². The van der Waals surface area contributed by atoms with Gasteiger partial charge >= 0.3 is 5.97 Å². The van der Waals surface area contributed by atoms with Crippen molar-refractivity contribution in [3.05, 3.63) is 29.8 Å². The number of amides is 2. The van der Waals surface area contributed by atoms with Crippen LogP contribution in [0.1, 0.15) is 36.5 Å². The molecule has 1 aliphatic carbocycles. The molecule has 6 heteroatoms. The summed E-state index contributed by atoms with van der Waals surface area (Å²) in [7, 11) is 0. The number of hydrogen-bond acceptors (Lipinski definition) is 3. The molecule has 2 rings (SSSR count). The number of carbonyl (C=O) groups excluding carboxylic acids is 2. The quantitative estimate of drug-likeness (QED) is 0.768. The number of aliphatic carboxylic acids is 1. The summed E-state index contributed by atoms with van der Waals surface area (Å²) in [5, 5.41) is 14.5. The Bertz CT molecular complexity index is 579. The van der Waals surface area contributed by atoms with E-state index in [1.54, 1.807) is 24.3 Å². The summed E-state index contributed by atoms with van der Waals surface area (Å²) in [6, 6.07) is 6.53. The van der Waals surface area contributed by atoms with Crippen LogP contribution in [0.5, 0.6) is 0 Å². The van der Waals surface area contributed by atoms with Crippen molar-refractivity contribution in [1.29, 1.82) is 0 Å². The number of carbonyl (C=O) groups is 3. The standard InChI is InChI=1S/C15H18N2O4/c1-10(18)17-12-5-2-4-11(8-12)13(19)16-9-15(14(20)21)6-3-7-15/h2,4-5,8H,3,6-7,9H2,1H3,(H,16,19)(H,17,18)(H,20,21). The molecule has 2 amide bonds. The lowest BCUT2D eigenvalue weighted by atomic mass is 9.69. The molecule has 1 fully saturated rings. The fourth-order valence-corrected chi connectivity index (χ4v) is 2.36. The van der Waals surface area contributed by atoms with Crippen molar-refractivity contribution in [3.63, 3.8) is 0 Å². The molecule has 3 N–H and O–H groups in total. The second-order valence-electron chi connectivity index (χ2n) is 5.38. The fourth-order valence-electron chi connectivity index (χ4n) is 2.36. The molecule has 1 aromatic rings. The fraction of sp³-hybridized carbons (Fsp3) is 0.400. The van der Waals surface area contributed by atoms with E-state index in [0.717, 1.165) is 6.42 Å². The topological polar surface area (TPSA) is 95.5 Å². The zero-order chi connectivity index (χ0) is 15.5. The molecular weight excluding hydrogens is 272 g/mol. The van der Waals surface area contributed by atoms with Gasteiger partial charge < -0.3 is 15.7 Å². The highest BCUT2D eigenvalue weighted by molar-refractivity contribution is 5.97. The van der Waals surface area contributed by atoms with Gasteiger partial charge in [-0.25, -0.2) is 0 Å². The highest BCUT2D eigenvalue weighted by Gasteiger charge is 2.44. The van der Waals surface area contributed by atoms with Crippen molar-refractivity contribution in [1.82, 2.24) is 5.32 Å². The third kappa shape index (κ3) is 3.39. The van der Waals surface area contributed by atoms with Gasteiger partial charge in [0.1, 0.15) is 0 Å². The summed E-state index contributed by atoms with van der Waals surface area (Å²) >= 11 is 0. The first-order valence-corrected chi connectivity index (χ1v) is 6.82. The predicted octanol–water partition coefficient (Wildman–Crippen LogP) is 1.63. The summed E-state index contributed by atoms with van der Waals surface area (Å²) in [5.41, 5.74) is 0.109. The van der Waals surface area contributed by atoms with E-state index in [9.17, 15) is 19.5 Å². The van der Waals surface area contributed by atoms with Gasteiger partial charge in [-0.1, -0.05) is 12.5 Å². The smallest absolute Gasteiger partial charge is 0.311 e. The number of anilines is 1. The van der Waals surface area contributed by atoms with Crippen LogP contribution in [0.25, 0.3) is 0 Å². The first kappa shape index (κ1) is 15.0. The van der Waals surface area contributed by atoms with Crippen LogP contribution in [0, 0.1) is 5.41 Å². The molecule has 0 bridgehead atoms. The summed E-state index contributed by atoms with van der Waals surface area (Å²) in [4.78, 5) is 34.3. The Morgan fingerprint density at radius 1 is 1.29 bits per heavy atom. The van der Waals surface area contributed by atoms with Gasteiger partial charge in [-0.2, -0.15) is 0 Å². The average Bonchev–Trinajstić information content (AvgIpc) is 2.36. The van der Waals surface area contributed by atoms with Crippen LogP contribution in [0.15, 0.2) is 24.3 Å². The Kier molecular flexibility index (Phi) is 4.26. The van der Waals surface area contributed by atoms with E-state index in [1.165, 1.54) is 6.92 Å². The Hall–Kier alpha value is -2.37. The molecule has 0 aliphatic heterocycles. The molecule has 0 unspecified atom stereocenters. The minimum absolute atomic E-state index is 0.130. The monoisotopic (exact) mass is 290 g/mol. The largest absolute Gasteiger partial charge is 0.481 e. The predicted molar refractivity (Wildman–Crippen MR) is 77.0 cm³/mol. The normalized spacial score (nSPS) is 15.7. The number of nitrogens with one attached hydrogen (secondary N) is 2. The van der Waals surface area contributed by atoms with Crippen molar-refractivity contribution in [2.75, 3.05) is 11.9 Å². The van der Waals surface area contributed by atoms with Crippen molar-refractivity contribution in [3.8, 4) is 0 Å². The second-order valence-corrected chi connectivity index (χ2v) is 5.38. The minimum Gasteiger partial charge on any atom is -0.481 e. The lowest BCUT2D eigenvalue weighted by molar-refractivity contribution is -0.153. The first-order valence-electron chi connectivity index (χ1n) is 6.82. The SMILES string of the molecule is CC(=O)Nc1cccc(C(=O)NCC2(C(=O)O)CCC2)c1. The molecule has 0 radical (unpaired) electrons. The number of benzene rings is 1. The number of hydrogen-bond donors (Lipinski definition) is 3. The number of rotatable bonds is 5. The van der Waals surface area contributed by atoms with E-state index >= 15 is 0 Å². The molecule has 0 saturated heterocycles. The van der Waals surface area contributed by atoms with Crippen LogP contribution in [0.3, 0.4) is 0 Å². The van der Waals surface area contributed by atoms with Gasteiger partial charge in [0.2, 0.25) is 5.91 Å². The molecule has 1 aliphatic rings. The molecular formula is C15H18N2O4. The maximum absolute atomic E-state index is 12.1. The van der Waals surface area contributed by atoms with Gasteiger partial charge in [-0.15, -0.1) is 0 Å². The summed E-state index contributed by atoms with van der Waals surface area (Å²) < 4.78 is 0. The maximum atomic E-state index is 12.1. The average molecular weight is 290 g/mol. The molecule has 0 spiro atoms. The van der Waals surface area contributed by atoms with Crippen molar-refractivity contribution in [2.45, 2.75) is 26.2 Å². The van der Waals surface area contributed by atoms with E-state index in [1.807, 2.05) is 0 Å². The van der Waals surface area contributed by atoms with E-state index in [4.69, 9.17) is 0 Å². The second kappa shape index (κ2) is 5.95. The lowest BCUT2D eigenvalue weighted by Crippen LogP contribution is -2.47. The molecule has 1 aromatic carbocycles. The van der Waals surface area contributed by atoms with Crippen molar-refractivity contribution < 1.29 is 19.5 Å². The first-order chi connectivity index (χ1) is 9.93. The zero-order valence-corrected chi connectivity index (χ0v) is 11.8. The third-order valence-corrected chi connectivity index (χ3v) is 3.80.